The summed E-state index contributed by atoms with van der Waals surface area (Å²) in [6.07, 6.45) is 4.18. The predicted molar refractivity (Wildman–Crippen MR) is 39.6 cm³/mol. The van der Waals surface area contributed by atoms with Gasteiger partial charge < -0.3 is 0 Å². The van der Waals surface area contributed by atoms with Crippen molar-refractivity contribution in [2.24, 2.45) is 5.92 Å². The Morgan fingerprint density at radius 3 is 2.91 bits per heavy atom. The zero-order chi connectivity index (χ0) is 7.68. The molecule has 0 atom stereocenters. The minimum Gasteiger partial charge on any atom is -0.273 e. The van der Waals surface area contributed by atoms with Crippen LogP contribution in [0.3, 0.4) is 0 Å². The van der Waals surface area contributed by atoms with E-state index < -0.39 is 0 Å². The first-order valence-corrected chi connectivity index (χ1v) is 4.29. The van der Waals surface area contributed by atoms with Crippen LogP contribution in [-0.4, -0.2) is 24.1 Å². The summed E-state index contributed by atoms with van der Waals surface area (Å²) in [5.41, 5.74) is 0. The van der Waals surface area contributed by atoms with Crippen molar-refractivity contribution >= 4 is 5.91 Å². The lowest BCUT2D eigenvalue weighted by Gasteiger charge is -2.12. The molecule has 2 fully saturated rings. The fourth-order valence-corrected chi connectivity index (χ4v) is 1.31. The van der Waals surface area contributed by atoms with E-state index in [1.54, 1.807) is 0 Å². The molecule has 3 nitrogen and oxygen atoms in total. The molecule has 11 heavy (non-hydrogen) atoms. The van der Waals surface area contributed by atoms with Gasteiger partial charge in [0.05, 0.1) is 13.2 Å². The largest absolute Gasteiger partial charge is 0.273 e. The van der Waals surface area contributed by atoms with E-state index in [0.717, 1.165) is 19.6 Å². The maximum Gasteiger partial charge on any atom is 0.246 e. The van der Waals surface area contributed by atoms with Gasteiger partial charge in [-0.2, -0.15) is 0 Å². The van der Waals surface area contributed by atoms with Gasteiger partial charge in [-0.15, -0.1) is 0 Å². The molecule has 1 aliphatic heterocycles. The third-order valence-electron chi connectivity index (χ3n) is 2.19. The lowest BCUT2D eigenvalue weighted by molar-refractivity contribution is -0.169. The highest BCUT2D eigenvalue weighted by atomic mass is 16.7. The molecule has 0 aromatic rings. The Hall–Kier alpha value is -0.570. The molecule has 0 N–H and O–H groups in total. The van der Waals surface area contributed by atoms with E-state index in [1.807, 2.05) is 0 Å². The van der Waals surface area contributed by atoms with Gasteiger partial charge in [0.25, 0.3) is 0 Å². The molecule has 0 spiro atoms. The second kappa shape index (κ2) is 2.81. The highest BCUT2D eigenvalue weighted by Crippen LogP contribution is 2.33. The quantitative estimate of drug-likeness (QED) is 0.594. The van der Waals surface area contributed by atoms with Gasteiger partial charge in [-0.25, -0.2) is 5.06 Å². The average molecular weight is 155 g/mol. The minimum atomic E-state index is 0.185. The van der Waals surface area contributed by atoms with Crippen molar-refractivity contribution < 1.29 is 9.63 Å². The van der Waals surface area contributed by atoms with Crippen LogP contribution in [0.2, 0.25) is 0 Å². The van der Waals surface area contributed by atoms with Crippen molar-refractivity contribution in [1.82, 2.24) is 5.06 Å². The minimum absolute atomic E-state index is 0.185. The molecular formula is C8H13NO2. The first-order chi connectivity index (χ1) is 5.36. The molecule has 1 saturated carbocycles. The molecule has 0 unspecified atom stereocenters. The molecule has 2 aliphatic rings. The number of hydrogen-bond donors (Lipinski definition) is 0. The maximum absolute atomic E-state index is 11.3. The average Bonchev–Trinajstić information content (AvgIpc) is 2.67. The van der Waals surface area contributed by atoms with Crippen LogP contribution in [0.4, 0.5) is 0 Å². The number of hydroxylamine groups is 2. The number of carbonyl (C=O) groups is 1. The maximum atomic E-state index is 11.3. The normalized spacial score (nSPS) is 24.2. The second-order valence-corrected chi connectivity index (χ2v) is 3.33. The second-order valence-electron chi connectivity index (χ2n) is 3.33. The highest BCUT2D eigenvalue weighted by Gasteiger charge is 2.28. The summed E-state index contributed by atoms with van der Waals surface area (Å²) in [4.78, 5) is 16.4. The molecule has 1 saturated heterocycles. The Morgan fingerprint density at radius 2 is 2.36 bits per heavy atom. The van der Waals surface area contributed by atoms with Crippen LogP contribution in [-0.2, 0) is 9.63 Å². The first kappa shape index (κ1) is 7.10. The van der Waals surface area contributed by atoms with Crippen molar-refractivity contribution in [3.05, 3.63) is 0 Å². The smallest absolute Gasteiger partial charge is 0.246 e. The summed E-state index contributed by atoms with van der Waals surface area (Å²) in [6.45, 7) is 1.52. The molecule has 2 rings (SSSR count). The van der Waals surface area contributed by atoms with Gasteiger partial charge in [-0.05, 0) is 25.2 Å². The monoisotopic (exact) mass is 155 g/mol. The molecule has 1 heterocycles. The first-order valence-electron chi connectivity index (χ1n) is 4.29. The Kier molecular flexibility index (Phi) is 1.82. The van der Waals surface area contributed by atoms with Gasteiger partial charge in [0.15, 0.2) is 0 Å². The van der Waals surface area contributed by atoms with E-state index in [-0.39, 0.29) is 5.91 Å². The Balaban J connectivity index is 1.77. The Morgan fingerprint density at radius 1 is 1.55 bits per heavy atom. The summed E-state index contributed by atoms with van der Waals surface area (Å²) < 4.78 is 0. The van der Waals surface area contributed by atoms with Gasteiger partial charge in [-0.3, -0.25) is 9.63 Å². The molecule has 1 amide bonds. The van der Waals surface area contributed by atoms with Crippen molar-refractivity contribution in [2.75, 3.05) is 13.2 Å². The molecule has 62 valence electrons. The lowest BCUT2D eigenvalue weighted by Crippen LogP contribution is -2.26. The fraction of sp³-hybridized carbons (Fsp3) is 0.875. The molecule has 0 aromatic heterocycles. The molecule has 0 radical (unpaired) electrons. The topological polar surface area (TPSA) is 29.5 Å². The van der Waals surface area contributed by atoms with Crippen LogP contribution in [0.1, 0.15) is 25.7 Å². The number of hydrogen-bond acceptors (Lipinski definition) is 2. The molecule has 3 heteroatoms. The van der Waals surface area contributed by atoms with E-state index in [9.17, 15) is 4.79 Å². The van der Waals surface area contributed by atoms with Crippen molar-refractivity contribution in [3.8, 4) is 0 Å². The van der Waals surface area contributed by atoms with E-state index in [1.165, 1.54) is 17.9 Å². The van der Waals surface area contributed by atoms with E-state index >= 15 is 0 Å². The lowest BCUT2D eigenvalue weighted by atomic mass is 10.3. The van der Waals surface area contributed by atoms with E-state index in [4.69, 9.17) is 4.84 Å². The van der Waals surface area contributed by atoms with Gasteiger partial charge >= 0.3 is 0 Å². The van der Waals surface area contributed by atoms with Crippen molar-refractivity contribution in [2.45, 2.75) is 25.7 Å². The van der Waals surface area contributed by atoms with Gasteiger partial charge in [-0.1, -0.05) is 0 Å². The van der Waals surface area contributed by atoms with E-state index in [2.05, 4.69) is 0 Å². The third-order valence-corrected chi connectivity index (χ3v) is 2.19. The SMILES string of the molecule is O=C(CC1CC1)N1CCCO1. The van der Waals surface area contributed by atoms with Crippen molar-refractivity contribution in [3.63, 3.8) is 0 Å². The predicted octanol–water partition coefficient (Wildman–Crippen LogP) is 0.950. The molecule has 0 aromatic carbocycles. The van der Waals surface area contributed by atoms with Gasteiger partial charge in [0.1, 0.15) is 0 Å². The summed E-state index contributed by atoms with van der Waals surface area (Å²) in [6, 6.07) is 0. The third kappa shape index (κ3) is 1.71. The zero-order valence-electron chi connectivity index (χ0n) is 6.58. The number of carbonyl (C=O) groups excluding carboxylic acids is 1. The summed E-state index contributed by atoms with van der Waals surface area (Å²) >= 11 is 0. The van der Waals surface area contributed by atoms with Crippen LogP contribution in [0, 0.1) is 5.92 Å². The van der Waals surface area contributed by atoms with Crippen LogP contribution in [0.15, 0.2) is 0 Å². The van der Waals surface area contributed by atoms with E-state index in [0.29, 0.717) is 12.3 Å². The number of rotatable bonds is 2. The van der Waals surface area contributed by atoms with Gasteiger partial charge in [0.2, 0.25) is 5.91 Å². The Bertz CT molecular complexity index is 159. The summed E-state index contributed by atoms with van der Waals surface area (Å²) in [7, 11) is 0. The highest BCUT2D eigenvalue weighted by molar-refractivity contribution is 5.75. The van der Waals surface area contributed by atoms with Gasteiger partial charge in [0, 0.05) is 6.42 Å². The molecular weight excluding hydrogens is 142 g/mol. The molecule has 1 aliphatic carbocycles. The van der Waals surface area contributed by atoms with Crippen LogP contribution in [0.5, 0.6) is 0 Å². The van der Waals surface area contributed by atoms with Crippen LogP contribution >= 0.6 is 0 Å². The zero-order valence-corrected chi connectivity index (χ0v) is 6.58. The van der Waals surface area contributed by atoms with Crippen LogP contribution in [0.25, 0.3) is 0 Å². The number of nitrogens with zero attached hydrogens (tertiary/aromatic N) is 1. The summed E-state index contributed by atoms with van der Waals surface area (Å²) in [5, 5.41) is 1.53. The summed E-state index contributed by atoms with van der Waals surface area (Å²) in [5.74, 6) is 0.858. The molecule has 0 bridgehead atoms. The number of amides is 1. The van der Waals surface area contributed by atoms with Crippen molar-refractivity contribution in [1.29, 1.82) is 0 Å². The Labute approximate surface area is 66.3 Å². The standard InChI is InChI=1S/C8H13NO2/c10-8(6-7-2-3-7)9-4-1-5-11-9/h7H,1-6H2. The van der Waals surface area contributed by atoms with Crippen LogP contribution < -0.4 is 0 Å². The fourth-order valence-electron chi connectivity index (χ4n) is 1.31.